The summed E-state index contributed by atoms with van der Waals surface area (Å²) in [4.78, 5) is 6.31. The molecule has 68 valence electrons. The standard InChI is InChI=1S/C9H10BrN3/c1-12(2)9-5-3-4-8-11-6-7(10)13(8)9/h3-6H,1-2H3. The predicted molar refractivity (Wildman–Crippen MR) is 57.2 cm³/mol. The number of halogens is 1. The number of pyridine rings is 1. The van der Waals surface area contributed by atoms with Gasteiger partial charge in [-0.05, 0) is 28.1 Å². The molecule has 0 fully saturated rings. The van der Waals surface area contributed by atoms with Gasteiger partial charge in [0.25, 0.3) is 0 Å². The molecule has 2 aromatic heterocycles. The maximum atomic E-state index is 4.25. The van der Waals surface area contributed by atoms with Crippen LogP contribution in [-0.4, -0.2) is 23.5 Å². The molecule has 0 aliphatic carbocycles. The third-order valence-electron chi connectivity index (χ3n) is 1.92. The van der Waals surface area contributed by atoms with Crippen LogP contribution in [0.25, 0.3) is 5.65 Å². The molecule has 0 radical (unpaired) electrons. The van der Waals surface area contributed by atoms with Crippen molar-refractivity contribution >= 4 is 27.4 Å². The molecule has 0 aromatic carbocycles. The zero-order chi connectivity index (χ0) is 9.42. The van der Waals surface area contributed by atoms with Crippen molar-refractivity contribution in [3.05, 3.63) is 29.0 Å². The van der Waals surface area contributed by atoms with E-state index in [-0.39, 0.29) is 0 Å². The number of fused-ring (bicyclic) bond motifs is 1. The Kier molecular flexibility index (Phi) is 2.00. The molecule has 2 aromatic rings. The van der Waals surface area contributed by atoms with Gasteiger partial charge in [0.1, 0.15) is 16.1 Å². The van der Waals surface area contributed by atoms with E-state index in [2.05, 4.69) is 36.3 Å². The fourth-order valence-electron chi connectivity index (χ4n) is 1.33. The van der Waals surface area contributed by atoms with Crippen molar-refractivity contribution in [2.45, 2.75) is 0 Å². The summed E-state index contributed by atoms with van der Waals surface area (Å²) in [6.45, 7) is 0. The van der Waals surface area contributed by atoms with Crippen LogP contribution in [0.1, 0.15) is 0 Å². The summed E-state index contributed by atoms with van der Waals surface area (Å²) in [5.74, 6) is 1.11. The van der Waals surface area contributed by atoms with Crippen LogP contribution in [0.15, 0.2) is 29.0 Å². The van der Waals surface area contributed by atoms with Crippen molar-refractivity contribution in [2.24, 2.45) is 0 Å². The largest absolute Gasteiger partial charge is 0.364 e. The lowest BCUT2D eigenvalue weighted by molar-refractivity contribution is 1.01. The molecule has 0 spiro atoms. The first-order chi connectivity index (χ1) is 6.20. The average molecular weight is 240 g/mol. The molecule has 0 unspecified atom stereocenters. The Balaban J connectivity index is 2.80. The first-order valence-electron chi connectivity index (χ1n) is 3.99. The van der Waals surface area contributed by atoms with Gasteiger partial charge in [-0.1, -0.05) is 6.07 Å². The highest BCUT2D eigenvalue weighted by Crippen LogP contribution is 2.20. The summed E-state index contributed by atoms with van der Waals surface area (Å²) in [6.07, 6.45) is 1.81. The minimum absolute atomic E-state index is 0.957. The Bertz CT molecular complexity index is 433. The van der Waals surface area contributed by atoms with E-state index in [9.17, 15) is 0 Å². The first kappa shape index (κ1) is 8.56. The number of hydrogen-bond donors (Lipinski definition) is 0. The van der Waals surface area contributed by atoms with Gasteiger partial charge in [-0.2, -0.15) is 0 Å². The molecule has 0 atom stereocenters. The highest BCUT2D eigenvalue weighted by molar-refractivity contribution is 9.10. The van der Waals surface area contributed by atoms with E-state index in [0.29, 0.717) is 0 Å². The number of hydrogen-bond acceptors (Lipinski definition) is 2. The monoisotopic (exact) mass is 239 g/mol. The Morgan fingerprint density at radius 3 is 2.85 bits per heavy atom. The molecule has 4 heteroatoms. The smallest absolute Gasteiger partial charge is 0.139 e. The molecule has 13 heavy (non-hydrogen) atoms. The van der Waals surface area contributed by atoms with Gasteiger partial charge in [0.05, 0.1) is 6.20 Å². The first-order valence-corrected chi connectivity index (χ1v) is 4.79. The molecule has 0 bridgehead atoms. The third-order valence-corrected chi connectivity index (χ3v) is 2.48. The lowest BCUT2D eigenvalue weighted by Gasteiger charge is -2.14. The van der Waals surface area contributed by atoms with Crippen LogP contribution in [0.2, 0.25) is 0 Å². The number of imidazole rings is 1. The van der Waals surface area contributed by atoms with Crippen molar-refractivity contribution in [2.75, 3.05) is 19.0 Å². The van der Waals surface area contributed by atoms with Crippen LogP contribution in [0, 0.1) is 0 Å². The highest BCUT2D eigenvalue weighted by atomic mass is 79.9. The van der Waals surface area contributed by atoms with Crippen LogP contribution in [-0.2, 0) is 0 Å². The Morgan fingerprint density at radius 2 is 2.15 bits per heavy atom. The van der Waals surface area contributed by atoms with Gasteiger partial charge in [0.2, 0.25) is 0 Å². The van der Waals surface area contributed by atoms with Gasteiger partial charge in [0.15, 0.2) is 0 Å². The Labute approximate surface area is 85.1 Å². The quantitative estimate of drug-likeness (QED) is 0.761. The lowest BCUT2D eigenvalue weighted by Crippen LogP contribution is -2.12. The third kappa shape index (κ3) is 1.31. The molecule has 0 saturated carbocycles. The van der Waals surface area contributed by atoms with Crippen molar-refractivity contribution in [3.8, 4) is 0 Å². The normalized spacial score (nSPS) is 10.7. The van der Waals surface area contributed by atoms with E-state index < -0.39 is 0 Å². The van der Waals surface area contributed by atoms with Crippen LogP contribution >= 0.6 is 15.9 Å². The maximum Gasteiger partial charge on any atom is 0.139 e. The minimum Gasteiger partial charge on any atom is -0.364 e. The molecule has 2 heterocycles. The van der Waals surface area contributed by atoms with Crippen LogP contribution in [0.5, 0.6) is 0 Å². The highest BCUT2D eigenvalue weighted by Gasteiger charge is 2.05. The molecule has 2 rings (SSSR count). The van der Waals surface area contributed by atoms with Gasteiger partial charge in [0, 0.05) is 14.1 Å². The number of anilines is 1. The van der Waals surface area contributed by atoms with Gasteiger partial charge in [-0.25, -0.2) is 4.98 Å². The predicted octanol–water partition coefficient (Wildman–Crippen LogP) is 2.16. The number of rotatable bonds is 1. The van der Waals surface area contributed by atoms with Crippen molar-refractivity contribution in [1.82, 2.24) is 9.38 Å². The van der Waals surface area contributed by atoms with E-state index >= 15 is 0 Å². The van der Waals surface area contributed by atoms with E-state index in [1.165, 1.54) is 0 Å². The van der Waals surface area contributed by atoms with Crippen molar-refractivity contribution in [1.29, 1.82) is 0 Å². The Morgan fingerprint density at radius 1 is 1.38 bits per heavy atom. The molecular formula is C9H10BrN3. The molecule has 0 N–H and O–H groups in total. The summed E-state index contributed by atoms with van der Waals surface area (Å²) >= 11 is 3.46. The molecule has 0 saturated heterocycles. The second kappa shape index (κ2) is 3.03. The van der Waals surface area contributed by atoms with E-state index in [0.717, 1.165) is 16.1 Å². The summed E-state index contributed by atoms with van der Waals surface area (Å²) in [5, 5.41) is 0. The number of nitrogens with zero attached hydrogens (tertiary/aromatic N) is 3. The van der Waals surface area contributed by atoms with Crippen LogP contribution in [0.4, 0.5) is 5.82 Å². The zero-order valence-corrected chi connectivity index (χ0v) is 9.12. The summed E-state index contributed by atoms with van der Waals surface area (Å²) in [5.41, 5.74) is 0.957. The van der Waals surface area contributed by atoms with Gasteiger partial charge in [-0.15, -0.1) is 0 Å². The fraction of sp³-hybridized carbons (Fsp3) is 0.222. The van der Waals surface area contributed by atoms with Gasteiger partial charge >= 0.3 is 0 Å². The molecule has 3 nitrogen and oxygen atoms in total. The minimum atomic E-state index is 0.957. The maximum absolute atomic E-state index is 4.25. The van der Waals surface area contributed by atoms with E-state index in [4.69, 9.17) is 0 Å². The summed E-state index contributed by atoms with van der Waals surface area (Å²) in [6, 6.07) is 6.04. The second-order valence-corrected chi connectivity index (χ2v) is 3.87. The Hall–Kier alpha value is -1.03. The summed E-state index contributed by atoms with van der Waals surface area (Å²) in [7, 11) is 4.03. The average Bonchev–Trinajstić information content (AvgIpc) is 2.48. The molecular weight excluding hydrogens is 230 g/mol. The molecule has 0 aliphatic heterocycles. The van der Waals surface area contributed by atoms with Crippen molar-refractivity contribution < 1.29 is 0 Å². The number of aromatic nitrogens is 2. The lowest BCUT2D eigenvalue weighted by atomic mass is 10.4. The summed E-state index contributed by atoms with van der Waals surface area (Å²) < 4.78 is 3.03. The molecule has 0 aliphatic rings. The zero-order valence-electron chi connectivity index (χ0n) is 7.53. The van der Waals surface area contributed by atoms with Crippen molar-refractivity contribution in [3.63, 3.8) is 0 Å². The molecule has 0 amide bonds. The van der Waals surface area contributed by atoms with Gasteiger partial charge < -0.3 is 4.90 Å². The topological polar surface area (TPSA) is 20.5 Å². The second-order valence-electron chi connectivity index (χ2n) is 3.05. The SMILES string of the molecule is CN(C)c1cccc2ncc(Br)n12. The van der Waals surface area contributed by atoms with Gasteiger partial charge in [-0.3, -0.25) is 4.40 Å². The van der Waals surface area contributed by atoms with Crippen LogP contribution in [0.3, 0.4) is 0 Å². The van der Waals surface area contributed by atoms with E-state index in [1.54, 1.807) is 0 Å². The van der Waals surface area contributed by atoms with E-state index in [1.807, 2.05) is 32.4 Å². The van der Waals surface area contributed by atoms with Crippen LogP contribution < -0.4 is 4.90 Å². The fourth-order valence-corrected chi connectivity index (χ4v) is 1.80.